The van der Waals surface area contributed by atoms with Gasteiger partial charge in [0.15, 0.2) is 0 Å². The number of piperazine rings is 1. The zero-order valence-electron chi connectivity index (χ0n) is 10.5. The lowest BCUT2D eigenvalue weighted by Crippen LogP contribution is -2.51. The molecule has 0 atom stereocenters. The molecular formula is C13H23N3O. The molecule has 0 spiro atoms. The molecule has 1 saturated carbocycles. The van der Waals surface area contributed by atoms with Crippen molar-refractivity contribution in [3.8, 4) is 0 Å². The number of rotatable bonds is 4. The van der Waals surface area contributed by atoms with Crippen LogP contribution >= 0.6 is 0 Å². The van der Waals surface area contributed by atoms with Crippen LogP contribution < -0.4 is 5.32 Å². The average Bonchev–Trinajstić information content (AvgIpc) is 3.08. The first-order valence-corrected chi connectivity index (χ1v) is 7.02. The van der Waals surface area contributed by atoms with Crippen LogP contribution in [0.5, 0.6) is 0 Å². The lowest BCUT2D eigenvalue weighted by Gasteiger charge is -2.36. The smallest absolute Gasteiger partial charge is 0.223 e. The molecule has 1 amide bonds. The largest absolute Gasteiger partial charge is 0.340 e. The second-order valence-corrected chi connectivity index (χ2v) is 5.85. The van der Waals surface area contributed by atoms with Gasteiger partial charge in [-0.25, -0.2) is 0 Å². The van der Waals surface area contributed by atoms with Gasteiger partial charge in [0.1, 0.15) is 0 Å². The molecule has 0 aromatic carbocycles. The molecule has 2 heterocycles. The van der Waals surface area contributed by atoms with Crippen molar-refractivity contribution >= 4 is 5.91 Å². The zero-order valence-corrected chi connectivity index (χ0v) is 10.5. The van der Waals surface area contributed by atoms with Gasteiger partial charge in [0.05, 0.1) is 0 Å². The quantitative estimate of drug-likeness (QED) is 0.756. The van der Waals surface area contributed by atoms with Crippen molar-refractivity contribution in [2.24, 2.45) is 11.8 Å². The first-order chi connectivity index (χ1) is 8.31. The number of amides is 1. The lowest BCUT2D eigenvalue weighted by molar-refractivity contribution is -0.134. The van der Waals surface area contributed by atoms with E-state index in [0.717, 1.165) is 51.6 Å². The van der Waals surface area contributed by atoms with Crippen molar-refractivity contribution in [3.05, 3.63) is 0 Å². The minimum Gasteiger partial charge on any atom is -0.340 e. The highest BCUT2D eigenvalue weighted by atomic mass is 16.2. The monoisotopic (exact) mass is 237 g/mol. The number of carbonyl (C=O) groups is 1. The van der Waals surface area contributed by atoms with E-state index < -0.39 is 0 Å². The number of nitrogens with zero attached hydrogens (tertiary/aromatic N) is 2. The van der Waals surface area contributed by atoms with Gasteiger partial charge < -0.3 is 10.2 Å². The van der Waals surface area contributed by atoms with Crippen molar-refractivity contribution in [2.75, 3.05) is 45.8 Å². The first kappa shape index (κ1) is 11.5. The number of nitrogens with one attached hydrogen (secondary N) is 1. The van der Waals surface area contributed by atoms with Gasteiger partial charge in [0, 0.05) is 39.1 Å². The Hall–Kier alpha value is -0.610. The van der Waals surface area contributed by atoms with Crippen LogP contribution in [0.1, 0.15) is 19.3 Å². The number of carbonyl (C=O) groups excluding carboxylic acids is 1. The molecule has 17 heavy (non-hydrogen) atoms. The van der Waals surface area contributed by atoms with Gasteiger partial charge in [-0.3, -0.25) is 9.69 Å². The van der Waals surface area contributed by atoms with Crippen LogP contribution in [0.2, 0.25) is 0 Å². The minimum atomic E-state index is 0.377. The molecule has 3 aliphatic rings. The standard InChI is InChI=1S/C13H23N3O/c17-13(7-12-8-14-9-12)16-5-3-15(4-6-16)10-11-1-2-11/h11-12,14H,1-10H2. The normalized spacial score (nSPS) is 26.9. The van der Waals surface area contributed by atoms with Gasteiger partial charge in [0.2, 0.25) is 5.91 Å². The summed E-state index contributed by atoms with van der Waals surface area (Å²) >= 11 is 0. The second kappa shape index (κ2) is 4.94. The van der Waals surface area contributed by atoms with Crippen molar-refractivity contribution in [1.82, 2.24) is 15.1 Å². The Bertz CT molecular complexity index is 278. The third-order valence-electron chi connectivity index (χ3n) is 4.27. The summed E-state index contributed by atoms with van der Waals surface area (Å²) in [4.78, 5) is 16.6. The summed E-state index contributed by atoms with van der Waals surface area (Å²) in [6.07, 6.45) is 3.61. The molecule has 1 aliphatic carbocycles. The van der Waals surface area contributed by atoms with Crippen LogP contribution in [0.4, 0.5) is 0 Å². The molecule has 0 aromatic rings. The molecule has 4 nitrogen and oxygen atoms in total. The van der Waals surface area contributed by atoms with Crippen LogP contribution in [-0.2, 0) is 4.79 Å². The van der Waals surface area contributed by atoms with E-state index >= 15 is 0 Å². The van der Waals surface area contributed by atoms with E-state index in [9.17, 15) is 4.79 Å². The maximum atomic E-state index is 12.0. The summed E-state index contributed by atoms with van der Waals surface area (Å²) in [7, 11) is 0. The van der Waals surface area contributed by atoms with E-state index in [4.69, 9.17) is 0 Å². The van der Waals surface area contributed by atoms with E-state index in [-0.39, 0.29) is 0 Å². The Labute approximate surface area is 103 Å². The maximum absolute atomic E-state index is 12.0. The second-order valence-electron chi connectivity index (χ2n) is 5.85. The van der Waals surface area contributed by atoms with Crippen LogP contribution in [0.15, 0.2) is 0 Å². The fourth-order valence-electron chi connectivity index (χ4n) is 2.71. The van der Waals surface area contributed by atoms with Crippen LogP contribution in [0.3, 0.4) is 0 Å². The Kier molecular flexibility index (Phi) is 3.34. The van der Waals surface area contributed by atoms with E-state index in [0.29, 0.717) is 11.8 Å². The van der Waals surface area contributed by atoms with Crippen molar-refractivity contribution < 1.29 is 4.79 Å². The molecule has 3 fully saturated rings. The van der Waals surface area contributed by atoms with Gasteiger partial charge in [0.25, 0.3) is 0 Å². The Morgan fingerprint density at radius 1 is 1.06 bits per heavy atom. The van der Waals surface area contributed by atoms with Gasteiger partial charge in [-0.1, -0.05) is 0 Å². The number of hydrogen-bond acceptors (Lipinski definition) is 3. The van der Waals surface area contributed by atoms with E-state index in [1.165, 1.54) is 19.4 Å². The topological polar surface area (TPSA) is 35.6 Å². The summed E-state index contributed by atoms with van der Waals surface area (Å²) in [5, 5.41) is 3.23. The molecule has 2 saturated heterocycles. The van der Waals surface area contributed by atoms with Gasteiger partial charge in [-0.05, 0) is 37.8 Å². The molecule has 0 unspecified atom stereocenters. The molecule has 96 valence electrons. The predicted molar refractivity (Wildman–Crippen MR) is 66.7 cm³/mol. The summed E-state index contributed by atoms with van der Waals surface area (Å²) < 4.78 is 0. The van der Waals surface area contributed by atoms with E-state index in [1.807, 2.05) is 0 Å². The molecule has 3 rings (SSSR count). The molecule has 0 aromatic heterocycles. The molecule has 4 heteroatoms. The third kappa shape index (κ3) is 2.99. The summed E-state index contributed by atoms with van der Waals surface area (Å²) in [6, 6.07) is 0. The van der Waals surface area contributed by atoms with Crippen molar-refractivity contribution in [3.63, 3.8) is 0 Å². The third-order valence-corrected chi connectivity index (χ3v) is 4.27. The zero-order chi connectivity index (χ0) is 11.7. The highest BCUT2D eigenvalue weighted by Crippen LogP contribution is 2.29. The van der Waals surface area contributed by atoms with Gasteiger partial charge in [-0.15, -0.1) is 0 Å². The van der Waals surface area contributed by atoms with Crippen LogP contribution in [0, 0.1) is 11.8 Å². The van der Waals surface area contributed by atoms with Crippen LogP contribution in [0.25, 0.3) is 0 Å². The molecule has 0 bridgehead atoms. The maximum Gasteiger partial charge on any atom is 0.223 e. The summed E-state index contributed by atoms with van der Waals surface area (Å²) in [5.74, 6) is 1.95. The van der Waals surface area contributed by atoms with Crippen molar-refractivity contribution in [2.45, 2.75) is 19.3 Å². The highest BCUT2D eigenvalue weighted by molar-refractivity contribution is 5.76. The Morgan fingerprint density at radius 3 is 2.29 bits per heavy atom. The fraction of sp³-hybridized carbons (Fsp3) is 0.923. The summed E-state index contributed by atoms with van der Waals surface area (Å²) in [5.41, 5.74) is 0. The molecule has 0 radical (unpaired) electrons. The fourth-order valence-corrected chi connectivity index (χ4v) is 2.71. The van der Waals surface area contributed by atoms with E-state index in [1.54, 1.807) is 0 Å². The first-order valence-electron chi connectivity index (χ1n) is 7.02. The predicted octanol–water partition coefficient (Wildman–Crippen LogP) is 0.150. The Morgan fingerprint density at radius 2 is 1.76 bits per heavy atom. The lowest BCUT2D eigenvalue weighted by atomic mass is 9.98. The molecular weight excluding hydrogens is 214 g/mol. The van der Waals surface area contributed by atoms with E-state index in [2.05, 4.69) is 15.1 Å². The number of hydrogen-bond donors (Lipinski definition) is 1. The highest BCUT2D eigenvalue weighted by Gasteiger charge is 2.29. The minimum absolute atomic E-state index is 0.377. The molecule has 2 aliphatic heterocycles. The van der Waals surface area contributed by atoms with Gasteiger partial charge >= 0.3 is 0 Å². The molecule has 1 N–H and O–H groups in total. The SMILES string of the molecule is O=C(CC1CNC1)N1CCN(CC2CC2)CC1. The van der Waals surface area contributed by atoms with Gasteiger partial charge in [-0.2, -0.15) is 0 Å². The van der Waals surface area contributed by atoms with Crippen molar-refractivity contribution in [1.29, 1.82) is 0 Å². The average molecular weight is 237 g/mol. The van der Waals surface area contributed by atoms with Crippen LogP contribution in [-0.4, -0.2) is 61.5 Å². The summed E-state index contributed by atoms with van der Waals surface area (Å²) in [6.45, 7) is 7.42. The Balaban J connectivity index is 1.38.